The third kappa shape index (κ3) is 9.66. The molecule has 0 atom stereocenters. The van der Waals surface area contributed by atoms with E-state index >= 15 is 0 Å². The summed E-state index contributed by atoms with van der Waals surface area (Å²) in [7, 11) is 1.64. The molecule has 0 aliphatic rings. The molecule has 0 aliphatic carbocycles. The van der Waals surface area contributed by atoms with Crippen molar-refractivity contribution in [3.63, 3.8) is 0 Å². The van der Waals surface area contributed by atoms with Crippen LogP contribution in [0, 0.1) is 0 Å². The highest BCUT2D eigenvalue weighted by Gasteiger charge is 1.99. The number of thioether (sulfide) groups is 1. The molecule has 0 aliphatic heterocycles. The van der Waals surface area contributed by atoms with E-state index in [1.54, 1.807) is 7.11 Å². The maximum atomic E-state index is 11.0. The Balaban J connectivity index is 3.11. The van der Waals surface area contributed by atoms with Crippen LogP contribution in [0.3, 0.4) is 0 Å². The van der Waals surface area contributed by atoms with E-state index < -0.39 is 0 Å². The summed E-state index contributed by atoms with van der Waals surface area (Å²) in [6.07, 6.45) is 0.840. The third-order valence-corrected chi connectivity index (χ3v) is 2.25. The molecule has 0 rings (SSSR count). The number of hydrogen-bond donors (Lipinski definition) is 2. The number of aliphatic hydroxyl groups is 1. The van der Waals surface area contributed by atoms with Crippen LogP contribution in [0.4, 0.5) is 0 Å². The van der Waals surface area contributed by atoms with E-state index in [4.69, 9.17) is 9.84 Å². The molecule has 1 amide bonds. The van der Waals surface area contributed by atoms with Crippen LogP contribution in [0.1, 0.15) is 6.42 Å². The molecule has 0 saturated heterocycles. The van der Waals surface area contributed by atoms with Crippen molar-refractivity contribution in [2.75, 3.05) is 38.4 Å². The average molecular weight is 207 g/mol. The van der Waals surface area contributed by atoms with Gasteiger partial charge in [-0.15, -0.1) is 11.8 Å². The van der Waals surface area contributed by atoms with Crippen LogP contribution in [0.5, 0.6) is 0 Å². The standard InChI is InChI=1S/C8H17NO3S/c1-12-5-2-3-9-8(11)7-13-6-4-10/h10H,2-7H2,1H3,(H,9,11). The molecule has 0 heterocycles. The first-order valence-electron chi connectivity index (χ1n) is 4.25. The predicted octanol–water partition coefficient (Wildman–Crippen LogP) is -0.135. The van der Waals surface area contributed by atoms with E-state index in [0.717, 1.165) is 6.42 Å². The Kier molecular flexibility index (Phi) is 9.63. The number of methoxy groups -OCH3 is 1. The molecule has 4 nitrogen and oxygen atoms in total. The fraction of sp³-hybridized carbons (Fsp3) is 0.875. The van der Waals surface area contributed by atoms with Gasteiger partial charge in [-0.05, 0) is 6.42 Å². The van der Waals surface area contributed by atoms with Gasteiger partial charge in [0.05, 0.1) is 12.4 Å². The fourth-order valence-corrected chi connectivity index (χ4v) is 1.29. The third-order valence-electron chi connectivity index (χ3n) is 1.32. The molecule has 2 N–H and O–H groups in total. The minimum Gasteiger partial charge on any atom is -0.396 e. The van der Waals surface area contributed by atoms with Gasteiger partial charge in [-0.3, -0.25) is 4.79 Å². The Hall–Kier alpha value is -0.260. The molecule has 0 unspecified atom stereocenters. The van der Waals surface area contributed by atoms with E-state index in [0.29, 0.717) is 24.7 Å². The molecular weight excluding hydrogens is 190 g/mol. The highest BCUT2D eigenvalue weighted by molar-refractivity contribution is 7.99. The number of amides is 1. The summed E-state index contributed by atoms with van der Waals surface area (Å²) in [6.45, 7) is 1.46. The summed E-state index contributed by atoms with van der Waals surface area (Å²) in [6, 6.07) is 0. The van der Waals surface area contributed by atoms with Crippen LogP contribution in [-0.2, 0) is 9.53 Å². The zero-order valence-corrected chi connectivity index (χ0v) is 8.73. The van der Waals surface area contributed by atoms with Crippen molar-refractivity contribution in [3.8, 4) is 0 Å². The van der Waals surface area contributed by atoms with E-state index in [1.807, 2.05) is 0 Å². The van der Waals surface area contributed by atoms with Crippen molar-refractivity contribution in [1.29, 1.82) is 0 Å². The van der Waals surface area contributed by atoms with Crippen molar-refractivity contribution in [2.24, 2.45) is 0 Å². The number of rotatable bonds is 8. The lowest BCUT2D eigenvalue weighted by atomic mass is 10.4. The molecule has 0 spiro atoms. The zero-order chi connectivity index (χ0) is 9.94. The van der Waals surface area contributed by atoms with Crippen LogP contribution < -0.4 is 5.32 Å². The van der Waals surface area contributed by atoms with Crippen molar-refractivity contribution in [1.82, 2.24) is 5.32 Å². The number of hydrogen-bond acceptors (Lipinski definition) is 4. The number of carbonyl (C=O) groups excluding carboxylic acids is 1. The molecule has 0 fully saturated rings. The van der Waals surface area contributed by atoms with Gasteiger partial charge in [0.1, 0.15) is 0 Å². The molecular formula is C8H17NO3S. The lowest BCUT2D eigenvalue weighted by molar-refractivity contribution is -0.118. The lowest BCUT2D eigenvalue weighted by Crippen LogP contribution is -2.27. The Morgan fingerprint density at radius 2 is 2.38 bits per heavy atom. The molecule has 0 aromatic heterocycles. The molecule has 5 heteroatoms. The first-order valence-corrected chi connectivity index (χ1v) is 5.41. The highest BCUT2D eigenvalue weighted by atomic mass is 32.2. The van der Waals surface area contributed by atoms with Crippen LogP contribution in [0.25, 0.3) is 0 Å². The topological polar surface area (TPSA) is 58.6 Å². The summed E-state index contributed by atoms with van der Waals surface area (Å²) in [5.41, 5.74) is 0. The second-order valence-corrected chi connectivity index (χ2v) is 3.58. The molecule has 78 valence electrons. The first kappa shape index (κ1) is 12.7. The zero-order valence-electron chi connectivity index (χ0n) is 7.91. The van der Waals surface area contributed by atoms with Crippen molar-refractivity contribution in [2.45, 2.75) is 6.42 Å². The summed E-state index contributed by atoms with van der Waals surface area (Å²) in [5.74, 6) is 1.06. The summed E-state index contributed by atoms with van der Waals surface area (Å²) >= 11 is 1.43. The van der Waals surface area contributed by atoms with Crippen LogP contribution in [-0.4, -0.2) is 49.4 Å². The smallest absolute Gasteiger partial charge is 0.229 e. The van der Waals surface area contributed by atoms with Crippen molar-refractivity contribution in [3.05, 3.63) is 0 Å². The minimum absolute atomic E-state index is 0.0227. The molecule has 0 bridgehead atoms. The van der Waals surface area contributed by atoms with Gasteiger partial charge in [-0.25, -0.2) is 0 Å². The molecule has 13 heavy (non-hydrogen) atoms. The Morgan fingerprint density at radius 1 is 1.62 bits per heavy atom. The molecule has 0 saturated carbocycles. The molecule has 0 radical (unpaired) electrons. The van der Waals surface area contributed by atoms with Gasteiger partial charge in [-0.2, -0.15) is 0 Å². The lowest BCUT2D eigenvalue weighted by Gasteiger charge is -2.03. The largest absolute Gasteiger partial charge is 0.396 e. The maximum Gasteiger partial charge on any atom is 0.229 e. The highest BCUT2D eigenvalue weighted by Crippen LogP contribution is 1.96. The van der Waals surface area contributed by atoms with Gasteiger partial charge in [-0.1, -0.05) is 0 Å². The summed E-state index contributed by atoms with van der Waals surface area (Å²) in [5, 5.41) is 11.2. The summed E-state index contributed by atoms with van der Waals surface area (Å²) in [4.78, 5) is 11.0. The number of nitrogens with one attached hydrogen (secondary N) is 1. The number of carbonyl (C=O) groups is 1. The van der Waals surface area contributed by atoms with Gasteiger partial charge in [0.2, 0.25) is 5.91 Å². The molecule has 0 aromatic carbocycles. The van der Waals surface area contributed by atoms with Gasteiger partial charge in [0, 0.05) is 26.0 Å². The van der Waals surface area contributed by atoms with Gasteiger partial charge in [0.25, 0.3) is 0 Å². The van der Waals surface area contributed by atoms with Crippen LogP contribution >= 0.6 is 11.8 Å². The average Bonchev–Trinajstić information content (AvgIpc) is 2.13. The monoisotopic (exact) mass is 207 g/mol. The van der Waals surface area contributed by atoms with E-state index in [-0.39, 0.29) is 12.5 Å². The normalized spacial score (nSPS) is 10.0. The predicted molar refractivity (Wildman–Crippen MR) is 53.9 cm³/mol. The van der Waals surface area contributed by atoms with Gasteiger partial charge >= 0.3 is 0 Å². The van der Waals surface area contributed by atoms with Crippen LogP contribution in [0.2, 0.25) is 0 Å². The Morgan fingerprint density at radius 3 is 3.00 bits per heavy atom. The van der Waals surface area contributed by atoms with Crippen LogP contribution in [0.15, 0.2) is 0 Å². The van der Waals surface area contributed by atoms with E-state index in [1.165, 1.54) is 11.8 Å². The fourth-order valence-electron chi connectivity index (χ4n) is 0.725. The van der Waals surface area contributed by atoms with Crippen molar-refractivity contribution < 1.29 is 14.6 Å². The van der Waals surface area contributed by atoms with Crippen molar-refractivity contribution >= 4 is 17.7 Å². The van der Waals surface area contributed by atoms with E-state index in [9.17, 15) is 4.79 Å². The van der Waals surface area contributed by atoms with E-state index in [2.05, 4.69) is 5.32 Å². The summed E-state index contributed by atoms with van der Waals surface area (Å²) < 4.78 is 4.83. The Labute approximate surface area is 83.0 Å². The Bertz CT molecular complexity index is 133. The second kappa shape index (κ2) is 9.83. The minimum atomic E-state index is 0.0227. The number of aliphatic hydroxyl groups excluding tert-OH is 1. The maximum absolute atomic E-state index is 11.0. The quantitative estimate of drug-likeness (QED) is 0.544. The van der Waals surface area contributed by atoms with Gasteiger partial charge in [0.15, 0.2) is 0 Å². The van der Waals surface area contributed by atoms with Gasteiger partial charge < -0.3 is 15.2 Å². The second-order valence-electron chi connectivity index (χ2n) is 2.47. The SMILES string of the molecule is COCCCNC(=O)CSCCO. The first-order chi connectivity index (χ1) is 6.31. The molecule has 0 aromatic rings. The number of ether oxygens (including phenoxy) is 1.